The van der Waals surface area contributed by atoms with Crippen LogP contribution in [0.2, 0.25) is 0 Å². The van der Waals surface area contributed by atoms with Crippen molar-refractivity contribution in [3.05, 3.63) is 40.6 Å². The van der Waals surface area contributed by atoms with Gasteiger partial charge >= 0.3 is 0 Å². The lowest BCUT2D eigenvalue weighted by molar-refractivity contribution is -0.0288. The van der Waals surface area contributed by atoms with Crippen molar-refractivity contribution < 1.29 is 9.15 Å². The van der Waals surface area contributed by atoms with Gasteiger partial charge in [0.05, 0.1) is 25.5 Å². The van der Waals surface area contributed by atoms with Crippen molar-refractivity contribution in [3.63, 3.8) is 0 Å². The summed E-state index contributed by atoms with van der Waals surface area (Å²) in [5.74, 6) is 1.98. The summed E-state index contributed by atoms with van der Waals surface area (Å²) in [6, 6.07) is 0. The highest BCUT2D eigenvalue weighted by molar-refractivity contribution is 5.34. The van der Waals surface area contributed by atoms with E-state index < -0.39 is 0 Å². The number of hydrogen-bond donors (Lipinski definition) is 0. The smallest absolute Gasteiger partial charge is 0.293 e. The fourth-order valence-electron chi connectivity index (χ4n) is 2.84. The third kappa shape index (κ3) is 3.82. The minimum absolute atomic E-state index is 0.00604. The molecule has 2 aromatic heterocycles. The molecule has 8 nitrogen and oxygen atoms in total. The highest BCUT2D eigenvalue weighted by Gasteiger charge is 2.24. The van der Waals surface area contributed by atoms with Gasteiger partial charge in [0.15, 0.2) is 5.82 Å². The van der Waals surface area contributed by atoms with Gasteiger partial charge in [0.25, 0.3) is 5.56 Å². The summed E-state index contributed by atoms with van der Waals surface area (Å²) < 4.78 is 12.9. The van der Waals surface area contributed by atoms with E-state index in [2.05, 4.69) is 14.9 Å². The largest absolute Gasteiger partial charge is 0.445 e. The van der Waals surface area contributed by atoms with Crippen molar-refractivity contribution in [3.8, 4) is 0 Å². The molecule has 0 bridgehead atoms. The van der Waals surface area contributed by atoms with Crippen LogP contribution in [0.3, 0.4) is 0 Å². The van der Waals surface area contributed by atoms with E-state index in [1.54, 1.807) is 25.6 Å². The minimum atomic E-state index is -0.108. The molecule has 0 saturated carbocycles. The molecule has 0 amide bonds. The zero-order valence-corrected chi connectivity index (χ0v) is 14.3. The van der Waals surface area contributed by atoms with Crippen molar-refractivity contribution in [2.45, 2.75) is 19.6 Å². The van der Waals surface area contributed by atoms with E-state index in [1.807, 2.05) is 18.9 Å². The molecule has 1 fully saturated rings. The first-order chi connectivity index (χ1) is 11.5. The number of hydrogen-bond acceptors (Lipinski definition) is 7. The average Bonchev–Trinajstić information content (AvgIpc) is 2.95. The Morgan fingerprint density at radius 3 is 3.00 bits per heavy atom. The van der Waals surface area contributed by atoms with Crippen LogP contribution < -0.4 is 10.5 Å². The van der Waals surface area contributed by atoms with Crippen LogP contribution >= 0.6 is 0 Å². The molecular weight excluding hydrogens is 310 g/mol. The Balaban J connectivity index is 1.60. The number of nitrogens with zero attached hydrogens (tertiary/aromatic N) is 5. The number of likely N-dealkylation sites (N-methyl/N-ethyl adjacent to an activating group) is 1. The maximum atomic E-state index is 12.1. The van der Waals surface area contributed by atoms with Gasteiger partial charge in [-0.1, -0.05) is 0 Å². The number of aromatic nitrogens is 3. The molecule has 1 aliphatic rings. The van der Waals surface area contributed by atoms with Crippen molar-refractivity contribution in [1.82, 2.24) is 19.4 Å². The number of ether oxygens (including phenoxy) is 1. The summed E-state index contributed by atoms with van der Waals surface area (Å²) >= 11 is 0. The Labute approximate surface area is 140 Å². The van der Waals surface area contributed by atoms with Gasteiger partial charge in [0.2, 0.25) is 5.89 Å². The zero-order chi connectivity index (χ0) is 17.1. The maximum Gasteiger partial charge on any atom is 0.293 e. The highest BCUT2D eigenvalue weighted by atomic mass is 16.5. The molecule has 2 aromatic rings. The van der Waals surface area contributed by atoms with Gasteiger partial charge in [0.1, 0.15) is 5.76 Å². The maximum absolute atomic E-state index is 12.1. The molecule has 0 aliphatic carbocycles. The molecule has 0 N–H and O–H groups in total. The summed E-state index contributed by atoms with van der Waals surface area (Å²) in [5, 5.41) is 0. The van der Waals surface area contributed by atoms with E-state index in [4.69, 9.17) is 9.15 Å². The normalized spacial score (nSPS) is 18.7. The summed E-state index contributed by atoms with van der Waals surface area (Å²) in [7, 11) is 3.59. The fourth-order valence-corrected chi connectivity index (χ4v) is 2.84. The number of oxazole rings is 1. The van der Waals surface area contributed by atoms with E-state index in [9.17, 15) is 4.79 Å². The molecule has 3 rings (SSSR count). The second kappa shape index (κ2) is 7.14. The first kappa shape index (κ1) is 16.7. The number of anilines is 1. The molecule has 1 unspecified atom stereocenters. The molecule has 0 spiro atoms. The number of aryl methyl sites for hydroxylation is 2. The SMILES string of the molecule is Cc1cnc(CN2CCOC(CN(C)c3nccn(C)c3=O)C2)o1. The standard InChI is InChI=1S/C16H23N5O3/c1-12-8-18-14(24-12)11-21-6-7-23-13(10-21)9-20(3)15-16(22)19(2)5-4-17-15/h4-5,8,13H,6-7,9-11H2,1-3H3. The summed E-state index contributed by atoms with van der Waals surface area (Å²) in [6.07, 6.45) is 5.02. The third-order valence-electron chi connectivity index (χ3n) is 4.09. The second-order valence-electron chi connectivity index (χ2n) is 6.14. The van der Waals surface area contributed by atoms with E-state index >= 15 is 0 Å². The number of morpholine rings is 1. The summed E-state index contributed by atoms with van der Waals surface area (Å²) in [5.41, 5.74) is -0.108. The molecule has 1 saturated heterocycles. The Hall–Kier alpha value is -2.19. The van der Waals surface area contributed by atoms with Crippen LogP contribution in [0.25, 0.3) is 0 Å². The predicted octanol–water partition coefficient (Wildman–Crippen LogP) is 0.414. The molecule has 1 atom stereocenters. The Morgan fingerprint density at radius 2 is 2.25 bits per heavy atom. The van der Waals surface area contributed by atoms with Gasteiger partial charge in [-0.05, 0) is 6.92 Å². The Bertz CT molecular complexity index is 741. The quantitative estimate of drug-likeness (QED) is 0.784. The molecule has 3 heterocycles. The van der Waals surface area contributed by atoms with E-state index in [0.29, 0.717) is 25.5 Å². The molecule has 1 aliphatic heterocycles. The van der Waals surface area contributed by atoms with Crippen LogP contribution in [0.1, 0.15) is 11.7 Å². The molecule has 0 radical (unpaired) electrons. The van der Waals surface area contributed by atoms with Crippen molar-refractivity contribution >= 4 is 5.82 Å². The lowest BCUT2D eigenvalue weighted by Crippen LogP contribution is -2.47. The van der Waals surface area contributed by atoms with Crippen LogP contribution in [-0.4, -0.2) is 58.8 Å². The Morgan fingerprint density at radius 1 is 1.42 bits per heavy atom. The first-order valence-corrected chi connectivity index (χ1v) is 8.01. The van der Waals surface area contributed by atoms with E-state index in [1.165, 1.54) is 4.57 Å². The topological polar surface area (TPSA) is 76.6 Å². The lowest BCUT2D eigenvalue weighted by atomic mass is 10.2. The monoisotopic (exact) mass is 333 g/mol. The number of rotatable bonds is 5. The lowest BCUT2D eigenvalue weighted by Gasteiger charge is -2.34. The Kier molecular flexibility index (Phi) is 4.96. The van der Waals surface area contributed by atoms with Gasteiger partial charge in [-0.15, -0.1) is 0 Å². The minimum Gasteiger partial charge on any atom is -0.445 e. The molecule has 24 heavy (non-hydrogen) atoms. The zero-order valence-electron chi connectivity index (χ0n) is 14.3. The van der Waals surface area contributed by atoms with Crippen molar-refractivity contribution in [2.75, 3.05) is 38.2 Å². The van der Waals surface area contributed by atoms with Gasteiger partial charge in [-0.25, -0.2) is 9.97 Å². The molecule has 8 heteroatoms. The third-order valence-corrected chi connectivity index (χ3v) is 4.09. The van der Waals surface area contributed by atoms with Gasteiger partial charge < -0.3 is 18.6 Å². The molecule has 130 valence electrons. The van der Waals surface area contributed by atoms with Crippen LogP contribution in [-0.2, 0) is 18.3 Å². The molecule has 0 aromatic carbocycles. The second-order valence-corrected chi connectivity index (χ2v) is 6.14. The summed E-state index contributed by atoms with van der Waals surface area (Å²) in [4.78, 5) is 24.7. The van der Waals surface area contributed by atoms with Crippen LogP contribution in [0.4, 0.5) is 5.82 Å². The molecular formula is C16H23N5O3. The fraction of sp³-hybridized carbons (Fsp3) is 0.562. The first-order valence-electron chi connectivity index (χ1n) is 8.01. The van der Waals surface area contributed by atoms with Crippen LogP contribution in [0, 0.1) is 6.92 Å². The van der Waals surface area contributed by atoms with Crippen molar-refractivity contribution in [2.24, 2.45) is 7.05 Å². The highest BCUT2D eigenvalue weighted by Crippen LogP contribution is 2.12. The summed E-state index contributed by atoms with van der Waals surface area (Å²) in [6.45, 7) is 5.42. The van der Waals surface area contributed by atoms with E-state index in [-0.39, 0.29) is 11.7 Å². The van der Waals surface area contributed by atoms with Gasteiger partial charge in [0, 0.05) is 46.1 Å². The predicted molar refractivity (Wildman–Crippen MR) is 89.0 cm³/mol. The van der Waals surface area contributed by atoms with Crippen LogP contribution in [0.15, 0.2) is 27.8 Å². The van der Waals surface area contributed by atoms with Crippen molar-refractivity contribution in [1.29, 1.82) is 0 Å². The van der Waals surface area contributed by atoms with Crippen LogP contribution in [0.5, 0.6) is 0 Å². The van der Waals surface area contributed by atoms with E-state index in [0.717, 1.165) is 24.7 Å². The average molecular weight is 333 g/mol. The van der Waals surface area contributed by atoms with Gasteiger partial charge in [-0.2, -0.15) is 0 Å². The van der Waals surface area contributed by atoms with Gasteiger partial charge in [-0.3, -0.25) is 9.69 Å².